The molecule has 0 saturated heterocycles. The predicted molar refractivity (Wildman–Crippen MR) is 59.0 cm³/mol. The van der Waals surface area contributed by atoms with Gasteiger partial charge in [0.2, 0.25) is 0 Å². The van der Waals surface area contributed by atoms with Crippen LogP contribution in [0.3, 0.4) is 0 Å². The minimum Gasteiger partial charge on any atom is -0.393 e. The molecule has 2 saturated carbocycles. The van der Waals surface area contributed by atoms with E-state index in [0.29, 0.717) is 17.3 Å². The first-order valence-corrected chi connectivity index (χ1v) is 5.89. The Balaban J connectivity index is 2.24. The van der Waals surface area contributed by atoms with Gasteiger partial charge in [-0.2, -0.15) is 0 Å². The summed E-state index contributed by atoms with van der Waals surface area (Å²) in [6.45, 7) is 8.64. The van der Waals surface area contributed by atoms with Crippen LogP contribution in [-0.4, -0.2) is 11.2 Å². The van der Waals surface area contributed by atoms with Crippen molar-refractivity contribution in [3.63, 3.8) is 0 Å². The molecule has 0 heterocycles. The van der Waals surface area contributed by atoms with E-state index in [9.17, 15) is 5.11 Å². The van der Waals surface area contributed by atoms with E-state index in [-0.39, 0.29) is 6.10 Å². The third-order valence-corrected chi connectivity index (χ3v) is 4.68. The summed E-state index contributed by atoms with van der Waals surface area (Å²) in [4.78, 5) is 0. The first kappa shape index (κ1) is 10.2. The van der Waals surface area contributed by atoms with Crippen LogP contribution < -0.4 is 0 Å². The molecular weight excluding hydrogens is 172 g/mol. The molecule has 0 radical (unpaired) electrons. The van der Waals surface area contributed by atoms with E-state index >= 15 is 0 Å². The van der Waals surface area contributed by atoms with Crippen LogP contribution in [0.15, 0.2) is 12.2 Å². The summed E-state index contributed by atoms with van der Waals surface area (Å²) in [5.74, 6) is 1.19. The molecule has 0 bridgehead atoms. The maximum absolute atomic E-state index is 10.0. The molecule has 0 aromatic carbocycles. The van der Waals surface area contributed by atoms with Gasteiger partial charge in [-0.25, -0.2) is 0 Å². The second-order valence-corrected chi connectivity index (χ2v) is 5.55. The maximum Gasteiger partial charge on any atom is 0.0573 e. The third-order valence-electron chi connectivity index (χ3n) is 4.68. The van der Waals surface area contributed by atoms with Gasteiger partial charge in [-0.15, -0.1) is 0 Å². The number of aliphatic hydroxyl groups is 1. The highest BCUT2D eigenvalue weighted by Crippen LogP contribution is 2.57. The first-order valence-electron chi connectivity index (χ1n) is 5.89. The van der Waals surface area contributed by atoms with Gasteiger partial charge in [0, 0.05) is 0 Å². The van der Waals surface area contributed by atoms with Crippen molar-refractivity contribution in [1.29, 1.82) is 0 Å². The summed E-state index contributed by atoms with van der Waals surface area (Å²) in [6, 6.07) is 0. The standard InChI is InChI=1S/C13H22O/c1-9(2)10-6-7-11-12(14)5-4-8-13(10,11)3/h10-12,14H,1,4-8H2,2-3H3/t10-,11+,12+,13-/m1/s1. The summed E-state index contributed by atoms with van der Waals surface area (Å²) in [7, 11) is 0. The lowest BCUT2D eigenvalue weighted by atomic mass is 9.63. The van der Waals surface area contributed by atoms with Gasteiger partial charge >= 0.3 is 0 Å². The van der Waals surface area contributed by atoms with E-state index in [1.54, 1.807) is 0 Å². The normalized spacial score (nSPS) is 47.5. The van der Waals surface area contributed by atoms with Gasteiger partial charge in [0.1, 0.15) is 0 Å². The SMILES string of the molecule is C=C(C)[C@H]1CC[C@H]2[C@@H](O)CCC[C@]12C. The molecule has 2 aliphatic rings. The van der Waals surface area contributed by atoms with Crippen LogP contribution in [0.1, 0.15) is 46.0 Å². The molecule has 2 fully saturated rings. The summed E-state index contributed by atoms with van der Waals surface area (Å²) in [5.41, 5.74) is 1.67. The van der Waals surface area contributed by atoms with E-state index in [4.69, 9.17) is 0 Å². The van der Waals surface area contributed by atoms with Crippen LogP contribution in [-0.2, 0) is 0 Å². The highest BCUT2D eigenvalue weighted by atomic mass is 16.3. The number of hydrogen-bond donors (Lipinski definition) is 1. The van der Waals surface area contributed by atoms with Crippen molar-refractivity contribution in [3.8, 4) is 0 Å². The van der Waals surface area contributed by atoms with E-state index in [1.807, 2.05) is 0 Å². The van der Waals surface area contributed by atoms with Crippen molar-refractivity contribution in [1.82, 2.24) is 0 Å². The zero-order valence-electron chi connectivity index (χ0n) is 9.42. The Bertz CT molecular complexity index is 246. The molecule has 4 atom stereocenters. The fourth-order valence-corrected chi connectivity index (χ4v) is 3.96. The van der Waals surface area contributed by atoms with Gasteiger partial charge in [-0.05, 0) is 49.9 Å². The van der Waals surface area contributed by atoms with E-state index in [2.05, 4.69) is 20.4 Å². The monoisotopic (exact) mass is 194 g/mol. The number of allylic oxidation sites excluding steroid dienone is 1. The average Bonchev–Trinajstić information content (AvgIpc) is 2.43. The number of hydrogen-bond acceptors (Lipinski definition) is 1. The van der Waals surface area contributed by atoms with Crippen LogP contribution in [0, 0.1) is 17.3 Å². The molecule has 0 aromatic heterocycles. The highest BCUT2D eigenvalue weighted by Gasteiger charge is 2.50. The molecule has 14 heavy (non-hydrogen) atoms. The minimum absolute atomic E-state index is 0.0434. The summed E-state index contributed by atoms with van der Waals surface area (Å²) >= 11 is 0. The zero-order chi connectivity index (χ0) is 10.3. The molecule has 0 amide bonds. The number of fused-ring (bicyclic) bond motifs is 1. The summed E-state index contributed by atoms with van der Waals surface area (Å²) < 4.78 is 0. The van der Waals surface area contributed by atoms with Crippen LogP contribution in [0.5, 0.6) is 0 Å². The topological polar surface area (TPSA) is 20.2 Å². The van der Waals surface area contributed by atoms with Gasteiger partial charge in [0.15, 0.2) is 0 Å². The fourth-order valence-electron chi connectivity index (χ4n) is 3.96. The van der Waals surface area contributed by atoms with Crippen molar-refractivity contribution in [2.45, 2.75) is 52.1 Å². The summed E-state index contributed by atoms with van der Waals surface area (Å²) in [6.07, 6.45) is 5.90. The Hall–Kier alpha value is -0.300. The molecule has 0 aromatic rings. The van der Waals surface area contributed by atoms with E-state index < -0.39 is 0 Å². The molecule has 1 heteroatoms. The Morgan fingerprint density at radius 1 is 1.36 bits per heavy atom. The van der Waals surface area contributed by atoms with E-state index in [1.165, 1.54) is 31.3 Å². The minimum atomic E-state index is -0.0434. The Labute approximate surface area is 87.2 Å². The lowest BCUT2D eigenvalue weighted by Gasteiger charge is -2.43. The molecule has 0 aliphatic heterocycles. The predicted octanol–water partition coefficient (Wildman–Crippen LogP) is 3.14. The van der Waals surface area contributed by atoms with Crippen molar-refractivity contribution in [3.05, 3.63) is 12.2 Å². The van der Waals surface area contributed by atoms with Gasteiger partial charge in [-0.1, -0.05) is 25.5 Å². The van der Waals surface area contributed by atoms with Gasteiger partial charge in [0.25, 0.3) is 0 Å². The maximum atomic E-state index is 10.0. The van der Waals surface area contributed by atoms with Crippen molar-refractivity contribution in [2.24, 2.45) is 17.3 Å². The second kappa shape index (κ2) is 3.37. The lowest BCUT2D eigenvalue weighted by molar-refractivity contribution is -0.0108. The molecule has 0 spiro atoms. The lowest BCUT2D eigenvalue weighted by Crippen LogP contribution is -2.39. The van der Waals surface area contributed by atoms with Crippen LogP contribution in [0.2, 0.25) is 0 Å². The molecular formula is C13H22O. The molecule has 1 N–H and O–H groups in total. The van der Waals surface area contributed by atoms with Gasteiger partial charge < -0.3 is 5.11 Å². The van der Waals surface area contributed by atoms with Crippen LogP contribution in [0.25, 0.3) is 0 Å². The Morgan fingerprint density at radius 3 is 2.71 bits per heavy atom. The zero-order valence-corrected chi connectivity index (χ0v) is 9.42. The fraction of sp³-hybridized carbons (Fsp3) is 0.846. The smallest absolute Gasteiger partial charge is 0.0573 e. The largest absolute Gasteiger partial charge is 0.393 e. The third kappa shape index (κ3) is 1.33. The molecule has 2 aliphatic carbocycles. The van der Waals surface area contributed by atoms with Crippen molar-refractivity contribution in [2.75, 3.05) is 0 Å². The average molecular weight is 194 g/mol. The summed E-state index contributed by atoms with van der Waals surface area (Å²) in [5, 5.41) is 10.0. The quantitative estimate of drug-likeness (QED) is 0.636. The highest BCUT2D eigenvalue weighted by molar-refractivity contribution is 5.11. The van der Waals surface area contributed by atoms with Crippen LogP contribution >= 0.6 is 0 Å². The van der Waals surface area contributed by atoms with Crippen LogP contribution in [0.4, 0.5) is 0 Å². The first-order chi connectivity index (χ1) is 6.55. The second-order valence-electron chi connectivity index (χ2n) is 5.55. The Kier molecular flexibility index (Phi) is 2.46. The Morgan fingerprint density at radius 2 is 2.07 bits per heavy atom. The molecule has 80 valence electrons. The van der Waals surface area contributed by atoms with Gasteiger partial charge in [-0.3, -0.25) is 0 Å². The molecule has 2 rings (SSSR count). The van der Waals surface area contributed by atoms with E-state index in [0.717, 1.165) is 6.42 Å². The van der Waals surface area contributed by atoms with Gasteiger partial charge in [0.05, 0.1) is 6.10 Å². The number of rotatable bonds is 1. The van der Waals surface area contributed by atoms with Crippen molar-refractivity contribution < 1.29 is 5.11 Å². The molecule has 1 nitrogen and oxygen atoms in total. The molecule has 0 unspecified atom stereocenters. The van der Waals surface area contributed by atoms with Crippen molar-refractivity contribution >= 4 is 0 Å². The number of aliphatic hydroxyl groups excluding tert-OH is 1.